The third kappa shape index (κ3) is 4.97. The second kappa shape index (κ2) is 7.45. The van der Waals surface area contributed by atoms with Gasteiger partial charge in [0, 0.05) is 12.7 Å². The summed E-state index contributed by atoms with van der Waals surface area (Å²) in [5, 5.41) is 6.94. The van der Waals surface area contributed by atoms with Gasteiger partial charge in [-0.2, -0.15) is 0 Å². The highest BCUT2D eigenvalue weighted by Crippen LogP contribution is 2.09. The van der Waals surface area contributed by atoms with Crippen molar-refractivity contribution in [2.24, 2.45) is 0 Å². The van der Waals surface area contributed by atoms with Crippen molar-refractivity contribution < 1.29 is 14.9 Å². The molecule has 2 amide bonds. The first-order chi connectivity index (χ1) is 8.65. The van der Waals surface area contributed by atoms with Crippen LogP contribution in [-0.4, -0.2) is 32.0 Å². The van der Waals surface area contributed by atoms with Crippen LogP contribution in [0.4, 0.5) is 5.69 Å². The van der Waals surface area contributed by atoms with Crippen LogP contribution in [0, 0.1) is 0 Å². The molecule has 0 aliphatic rings. The number of carbonyl (C=O) groups excluding carboxylic acids is 2. The zero-order valence-corrected chi connectivity index (χ0v) is 10.8. The standard InChI is InChI=1S/C13H19N3O2/c1-3-10-4-6-11(7-5-10)16-13(18)9-15-8-12(17)14-2/h4-7,15H,3,8-9H2,1-2H3,(H,14,17)(H,16,18)/p+1. The molecule has 4 N–H and O–H groups in total. The van der Waals surface area contributed by atoms with Crippen LogP contribution < -0.4 is 16.0 Å². The Hall–Kier alpha value is -1.88. The van der Waals surface area contributed by atoms with Crippen molar-refractivity contribution in [3.63, 3.8) is 0 Å². The Bertz CT molecular complexity index is 401. The number of aryl methyl sites for hydroxylation is 1. The predicted octanol–water partition coefficient (Wildman–Crippen LogP) is -0.503. The molecule has 0 radical (unpaired) electrons. The van der Waals surface area contributed by atoms with Gasteiger partial charge in [0.2, 0.25) is 0 Å². The molecule has 98 valence electrons. The van der Waals surface area contributed by atoms with Crippen molar-refractivity contribution >= 4 is 17.5 Å². The molecular formula is C13H20N3O2+. The number of amides is 2. The Labute approximate surface area is 107 Å². The Morgan fingerprint density at radius 3 is 2.28 bits per heavy atom. The number of carbonyl (C=O) groups is 2. The van der Waals surface area contributed by atoms with Gasteiger partial charge in [-0.15, -0.1) is 0 Å². The Morgan fingerprint density at radius 2 is 1.72 bits per heavy atom. The van der Waals surface area contributed by atoms with E-state index in [4.69, 9.17) is 0 Å². The second-order valence-electron chi connectivity index (χ2n) is 3.97. The van der Waals surface area contributed by atoms with Crippen LogP contribution in [0.2, 0.25) is 0 Å². The number of nitrogens with two attached hydrogens (primary N) is 1. The van der Waals surface area contributed by atoms with Crippen molar-refractivity contribution in [3.05, 3.63) is 29.8 Å². The normalized spacial score (nSPS) is 9.89. The molecule has 0 saturated heterocycles. The van der Waals surface area contributed by atoms with Gasteiger partial charge in [0.15, 0.2) is 13.1 Å². The fraction of sp³-hybridized carbons (Fsp3) is 0.385. The monoisotopic (exact) mass is 250 g/mol. The van der Waals surface area contributed by atoms with E-state index >= 15 is 0 Å². The molecule has 0 aromatic heterocycles. The smallest absolute Gasteiger partial charge is 0.279 e. The maximum Gasteiger partial charge on any atom is 0.279 e. The lowest BCUT2D eigenvalue weighted by Crippen LogP contribution is -2.88. The summed E-state index contributed by atoms with van der Waals surface area (Å²) in [6, 6.07) is 7.75. The quantitative estimate of drug-likeness (QED) is 0.636. The summed E-state index contributed by atoms with van der Waals surface area (Å²) in [5.74, 6) is -0.196. The van der Waals surface area contributed by atoms with Gasteiger partial charge in [-0.25, -0.2) is 0 Å². The van der Waals surface area contributed by atoms with Gasteiger partial charge >= 0.3 is 0 Å². The summed E-state index contributed by atoms with van der Waals surface area (Å²) in [7, 11) is 1.57. The minimum atomic E-state index is -0.108. The van der Waals surface area contributed by atoms with Gasteiger partial charge in [0.25, 0.3) is 11.8 Å². The van der Waals surface area contributed by atoms with E-state index < -0.39 is 0 Å². The molecule has 5 nitrogen and oxygen atoms in total. The van der Waals surface area contributed by atoms with Crippen molar-refractivity contribution in [2.45, 2.75) is 13.3 Å². The molecule has 0 spiro atoms. The maximum absolute atomic E-state index is 11.6. The molecule has 1 aromatic rings. The first kappa shape index (κ1) is 14.2. The third-order valence-corrected chi connectivity index (χ3v) is 2.58. The summed E-state index contributed by atoms with van der Waals surface area (Å²) in [6.45, 7) is 2.59. The number of hydrogen-bond acceptors (Lipinski definition) is 2. The van der Waals surface area contributed by atoms with E-state index in [1.807, 2.05) is 24.3 Å². The molecule has 1 rings (SSSR count). The van der Waals surface area contributed by atoms with E-state index in [9.17, 15) is 9.59 Å². The van der Waals surface area contributed by atoms with E-state index in [2.05, 4.69) is 17.6 Å². The number of nitrogens with one attached hydrogen (secondary N) is 2. The van der Waals surface area contributed by atoms with E-state index in [0.29, 0.717) is 0 Å². The third-order valence-electron chi connectivity index (χ3n) is 2.58. The van der Waals surface area contributed by atoms with Crippen LogP contribution in [0.3, 0.4) is 0 Å². The number of benzene rings is 1. The largest absolute Gasteiger partial charge is 0.354 e. The zero-order valence-electron chi connectivity index (χ0n) is 10.8. The van der Waals surface area contributed by atoms with Gasteiger partial charge in [0.05, 0.1) is 0 Å². The average molecular weight is 250 g/mol. The van der Waals surface area contributed by atoms with Gasteiger partial charge in [0.1, 0.15) is 0 Å². The molecule has 0 aliphatic carbocycles. The highest BCUT2D eigenvalue weighted by atomic mass is 16.2. The van der Waals surface area contributed by atoms with Crippen molar-refractivity contribution in [3.8, 4) is 0 Å². The topological polar surface area (TPSA) is 74.8 Å². The van der Waals surface area contributed by atoms with Gasteiger partial charge in [-0.05, 0) is 24.1 Å². The fourth-order valence-electron chi connectivity index (χ4n) is 1.47. The van der Waals surface area contributed by atoms with Crippen LogP contribution in [0.5, 0.6) is 0 Å². The zero-order chi connectivity index (χ0) is 13.4. The van der Waals surface area contributed by atoms with Gasteiger partial charge in [-0.1, -0.05) is 19.1 Å². The van der Waals surface area contributed by atoms with Crippen molar-refractivity contribution in [1.82, 2.24) is 5.32 Å². The van der Waals surface area contributed by atoms with E-state index in [0.717, 1.165) is 12.1 Å². The van der Waals surface area contributed by atoms with Gasteiger partial charge in [-0.3, -0.25) is 9.59 Å². The molecular weight excluding hydrogens is 230 g/mol. The van der Waals surface area contributed by atoms with E-state index in [1.165, 1.54) is 5.56 Å². The molecule has 0 aliphatic heterocycles. The van der Waals surface area contributed by atoms with E-state index in [1.54, 1.807) is 12.4 Å². The van der Waals surface area contributed by atoms with E-state index in [-0.39, 0.29) is 24.9 Å². The predicted molar refractivity (Wildman–Crippen MR) is 70.2 cm³/mol. The number of anilines is 1. The molecule has 0 unspecified atom stereocenters. The molecule has 18 heavy (non-hydrogen) atoms. The number of rotatable bonds is 6. The molecule has 0 atom stereocenters. The fourth-order valence-corrected chi connectivity index (χ4v) is 1.47. The minimum absolute atomic E-state index is 0.0879. The highest BCUT2D eigenvalue weighted by molar-refractivity contribution is 5.91. The molecule has 0 saturated carbocycles. The summed E-state index contributed by atoms with van der Waals surface area (Å²) >= 11 is 0. The van der Waals surface area contributed by atoms with Crippen LogP contribution >= 0.6 is 0 Å². The SMILES string of the molecule is CCc1ccc(NC(=O)C[NH2+]CC(=O)NC)cc1. The Kier molecular flexibility index (Phi) is 5.87. The lowest BCUT2D eigenvalue weighted by Gasteiger charge is -2.05. The van der Waals surface area contributed by atoms with Crippen LogP contribution in [0.25, 0.3) is 0 Å². The highest BCUT2D eigenvalue weighted by Gasteiger charge is 2.06. The first-order valence-corrected chi connectivity index (χ1v) is 6.06. The summed E-state index contributed by atoms with van der Waals surface area (Å²) < 4.78 is 0. The molecule has 0 bridgehead atoms. The van der Waals surface area contributed by atoms with Crippen LogP contribution in [0.1, 0.15) is 12.5 Å². The summed E-state index contributed by atoms with van der Waals surface area (Å²) in [5.41, 5.74) is 2.02. The molecule has 1 aromatic carbocycles. The Balaban J connectivity index is 2.32. The number of likely N-dealkylation sites (N-methyl/N-ethyl adjacent to an activating group) is 1. The second-order valence-corrected chi connectivity index (χ2v) is 3.97. The average Bonchev–Trinajstić information content (AvgIpc) is 2.39. The van der Waals surface area contributed by atoms with Crippen molar-refractivity contribution in [2.75, 3.05) is 25.5 Å². The summed E-state index contributed by atoms with van der Waals surface area (Å²) in [4.78, 5) is 22.5. The number of hydrogen-bond donors (Lipinski definition) is 3. The minimum Gasteiger partial charge on any atom is -0.354 e. The molecule has 5 heteroatoms. The lowest BCUT2D eigenvalue weighted by molar-refractivity contribution is -0.632. The Morgan fingerprint density at radius 1 is 1.11 bits per heavy atom. The van der Waals surface area contributed by atoms with Crippen LogP contribution in [-0.2, 0) is 16.0 Å². The first-order valence-electron chi connectivity index (χ1n) is 6.06. The van der Waals surface area contributed by atoms with Crippen molar-refractivity contribution in [1.29, 1.82) is 0 Å². The van der Waals surface area contributed by atoms with Gasteiger partial charge < -0.3 is 16.0 Å². The number of quaternary nitrogens is 1. The van der Waals surface area contributed by atoms with Crippen LogP contribution in [0.15, 0.2) is 24.3 Å². The summed E-state index contributed by atoms with van der Waals surface area (Å²) in [6.07, 6.45) is 0.980. The lowest BCUT2D eigenvalue weighted by atomic mass is 10.1. The molecule has 0 fully saturated rings. The molecule has 0 heterocycles. The maximum atomic E-state index is 11.6.